The number of benzene rings is 4. The zero-order valence-electron chi connectivity index (χ0n) is 29.3. The highest BCUT2D eigenvalue weighted by Gasteiger charge is 2.56. The molecule has 0 aliphatic carbocycles. The molecule has 0 bridgehead atoms. The molecular weight excluding hydrogens is 680 g/mol. The first-order chi connectivity index (χ1) is 24.4. The van der Waals surface area contributed by atoms with Gasteiger partial charge in [0.1, 0.15) is 12.0 Å². The van der Waals surface area contributed by atoms with Gasteiger partial charge < -0.3 is 24.1 Å². The van der Waals surface area contributed by atoms with Gasteiger partial charge >= 0.3 is 12.1 Å². The van der Waals surface area contributed by atoms with Crippen LogP contribution in [0.4, 0.5) is 4.79 Å². The molecule has 2 aliphatic heterocycles. The van der Waals surface area contributed by atoms with Crippen LogP contribution in [0.1, 0.15) is 29.3 Å². The Labute approximate surface area is 299 Å². The Kier molecular flexibility index (Phi) is 10.5. The molecule has 264 valence electrons. The van der Waals surface area contributed by atoms with Crippen LogP contribution >= 0.6 is 6.89 Å². The highest BCUT2D eigenvalue weighted by Crippen LogP contribution is 2.50. The maximum absolute atomic E-state index is 14.6. The summed E-state index contributed by atoms with van der Waals surface area (Å²) in [6.45, 7) is 5.98. The van der Waals surface area contributed by atoms with E-state index in [9.17, 15) is 24.3 Å². The van der Waals surface area contributed by atoms with Gasteiger partial charge in [0.15, 0.2) is 14.1 Å². The van der Waals surface area contributed by atoms with Crippen LogP contribution in [0.2, 0.25) is 19.6 Å². The molecule has 1 N–H and O–H groups in total. The highest BCUT2D eigenvalue weighted by atomic mass is 31.2. The molecule has 0 aromatic heterocycles. The minimum absolute atomic E-state index is 0.0294. The molecular formula is C40H43N2O7PSi. The van der Waals surface area contributed by atoms with Crippen LogP contribution in [0.15, 0.2) is 115 Å². The SMILES string of the molecule is C[C@@H](O[Si](C)(C)C)[C@H]1C(=O)N(C(C(=O)O)=P(c2ccccc2)(c2ccccc2)c2ccccc2)[C@@H]1CC(=O)c1ccc(CN2CCOC2=O)cc1. The van der Waals surface area contributed by atoms with Crippen molar-refractivity contribution in [1.29, 1.82) is 0 Å². The van der Waals surface area contributed by atoms with Gasteiger partial charge in [0.05, 0.1) is 24.6 Å². The third-order valence-corrected chi connectivity index (χ3v) is 14.7. The van der Waals surface area contributed by atoms with E-state index < -0.39 is 39.2 Å². The molecule has 6 rings (SSSR count). The van der Waals surface area contributed by atoms with E-state index in [1.54, 1.807) is 17.0 Å². The second kappa shape index (κ2) is 14.8. The number of amides is 2. The summed E-state index contributed by atoms with van der Waals surface area (Å²) in [5, 5.41) is 13.7. The van der Waals surface area contributed by atoms with Crippen molar-refractivity contribution < 1.29 is 33.4 Å². The fraction of sp³-hybridized carbons (Fsp3) is 0.275. The third kappa shape index (κ3) is 7.22. The van der Waals surface area contributed by atoms with Gasteiger partial charge in [-0.3, -0.25) is 9.59 Å². The average Bonchev–Trinajstić information content (AvgIpc) is 3.52. The number of cyclic esters (lactones) is 1. The molecule has 3 atom stereocenters. The molecule has 4 aromatic carbocycles. The molecule has 9 nitrogen and oxygen atoms in total. The van der Waals surface area contributed by atoms with Crippen LogP contribution in [0.3, 0.4) is 0 Å². The van der Waals surface area contributed by atoms with Gasteiger partial charge in [-0.1, -0.05) is 115 Å². The summed E-state index contributed by atoms with van der Waals surface area (Å²) in [6, 6.07) is 34.8. The van der Waals surface area contributed by atoms with Crippen LogP contribution in [0, 0.1) is 5.92 Å². The first-order valence-electron chi connectivity index (χ1n) is 17.1. The summed E-state index contributed by atoms with van der Waals surface area (Å²) >= 11 is 0. The van der Waals surface area contributed by atoms with Crippen molar-refractivity contribution in [2.45, 2.75) is 51.7 Å². The number of β-lactam (4-membered cyclic amide) rings is 1. The van der Waals surface area contributed by atoms with E-state index in [0.717, 1.165) is 21.5 Å². The summed E-state index contributed by atoms with van der Waals surface area (Å²) in [7, 11) is -2.13. The van der Waals surface area contributed by atoms with E-state index in [1.807, 2.05) is 130 Å². The lowest BCUT2D eigenvalue weighted by Gasteiger charge is -2.51. The van der Waals surface area contributed by atoms with Crippen LogP contribution < -0.4 is 15.9 Å². The number of carbonyl (C=O) groups excluding carboxylic acids is 3. The van der Waals surface area contributed by atoms with Gasteiger partial charge in [-0.15, -0.1) is 0 Å². The number of carboxylic acids is 1. The minimum Gasteiger partial charge on any atom is -0.477 e. The van der Waals surface area contributed by atoms with Gasteiger partial charge in [-0.05, 0) is 48.0 Å². The second-order valence-corrected chi connectivity index (χ2v) is 21.7. The number of likely N-dealkylation sites (tertiary alicyclic amines) is 1. The number of hydrogen-bond acceptors (Lipinski definition) is 6. The Morgan fingerprint density at radius 3 is 1.78 bits per heavy atom. The molecule has 2 fully saturated rings. The number of rotatable bonds is 13. The normalized spacial score (nSPS) is 18.2. The largest absolute Gasteiger partial charge is 0.477 e. The van der Waals surface area contributed by atoms with E-state index in [0.29, 0.717) is 25.3 Å². The van der Waals surface area contributed by atoms with Crippen molar-refractivity contribution in [3.63, 3.8) is 0 Å². The first kappa shape index (κ1) is 36.0. The van der Waals surface area contributed by atoms with E-state index >= 15 is 0 Å². The smallest absolute Gasteiger partial charge is 0.410 e. The molecule has 0 spiro atoms. The van der Waals surface area contributed by atoms with Gasteiger partial charge in [0.2, 0.25) is 5.91 Å². The van der Waals surface area contributed by atoms with Gasteiger partial charge in [-0.25, -0.2) is 9.59 Å². The molecule has 2 saturated heterocycles. The number of Topliss-reactive ketones (excluding diaryl/α,β-unsaturated/α-hetero) is 1. The minimum atomic E-state index is -3.22. The molecule has 2 aliphatic rings. The summed E-state index contributed by atoms with van der Waals surface area (Å²) in [6.07, 6.45) is -0.992. The maximum atomic E-state index is 14.6. The number of carbonyl (C=O) groups is 4. The molecule has 11 heteroatoms. The topological polar surface area (TPSA) is 113 Å². The Morgan fingerprint density at radius 2 is 1.35 bits per heavy atom. The number of nitrogens with zero attached hydrogens (tertiary/aromatic N) is 2. The highest BCUT2D eigenvalue weighted by molar-refractivity contribution is 7.96. The lowest BCUT2D eigenvalue weighted by atomic mass is 9.79. The van der Waals surface area contributed by atoms with E-state index in [4.69, 9.17) is 9.16 Å². The van der Waals surface area contributed by atoms with Crippen molar-refractivity contribution in [3.8, 4) is 0 Å². The third-order valence-electron chi connectivity index (χ3n) is 9.37. The quantitative estimate of drug-likeness (QED) is 0.0841. The monoisotopic (exact) mass is 722 g/mol. The first-order valence-corrected chi connectivity index (χ1v) is 22.3. The van der Waals surface area contributed by atoms with Crippen molar-refractivity contribution in [3.05, 3.63) is 126 Å². The Morgan fingerprint density at radius 1 is 0.843 bits per heavy atom. The second-order valence-electron chi connectivity index (χ2n) is 13.9. The van der Waals surface area contributed by atoms with Gasteiger partial charge in [0.25, 0.3) is 0 Å². The summed E-state index contributed by atoms with van der Waals surface area (Å²) in [4.78, 5) is 57.6. The Hall–Kier alpha value is -4.76. The van der Waals surface area contributed by atoms with Crippen molar-refractivity contribution >= 4 is 60.3 Å². The fourth-order valence-corrected chi connectivity index (χ4v) is 12.9. The molecule has 2 heterocycles. The van der Waals surface area contributed by atoms with Crippen LogP contribution in [0.25, 0.3) is 0 Å². The molecule has 0 unspecified atom stereocenters. The number of hydrogen-bond donors (Lipinski definition) is 1. The fourth-order valence-electron chi connectivity index (χ4n) is 7.26. The maximum Gasteiger partial charge on any atom is 0.410 e. The number of ketones is 1. The molecule has 2 amide bonds. The zero-order chi connectivity index (χ0) is 36.3. The summed E-state index contributed by atoms with van der Waals surface area (Å²) < 4.78 is 11.5. The molecule has 0 radical (unpaired) electrons. The average molecular weight is 723 g/mol. The Bertz CT molecular complexity index is 1860. The van der Waals surface area contributed by atoms with Crippen molar-refractivity contribution in [2.75, 3.05) is 13.2 Å². The van der Waals surface area contributed by atoms with Crippen LogP contribution in [0.5, 0.6) is 0 Å². The molecule has 4 aromatic rings. The lowest BCUT2D eigenvalue weighted by Crippen LogP contribution is -2.69. The standard InChI is InChI=1S/C40H43N2O7PSi/c1-28(49-51(2,3)4)36-34(26-35(43)30-22-20-29(21-23-30)27-41-24-25-48-40(41)47)42(37(36)44)38(39(45)46)50(31-14-8-5-9-15-31,32-16-10-6-11-17-32)33-18-12-7-13-19-33/h5-23,28,34,36H,24-27H2,1-4H3,(H,45,46)/t28-,34-,36-/m1/s1. The van der Waals surface area contributed by atoms with Crippen LogP contribution in [-0.2, 0) is 25.3 Å². The van der Waals surface area contributed by atoms with Crippen molar-refractivity contribution in [1.82, 2.24) is 9.80 Å². The van der Waals surface area contributed by atoms with E-state index in [-0.39, 0.29) is 29.6 Å². The molecule has 0 saturated carbocycles. The molecule has 51 heavy (non-hydrogen) atoms. The lowest BCUT2D eigenvalue weighted by molar-refractivity contribution is -0.155. The number of aliphatic carboxylic acids is 1. The summed E-state index contributed by atoms with van der Waals surface area (Å²) in [5.74, 6) is -2.52. The van der Waals surface area contributed by atoms with Crippen molar-refractivity contribution in [2.24, 2.45) is 5.92 Å². The van der Waals surface area contributed by atoms with Gasteiger partial charge in [-0.2, -0.15) is 0 Å². The predicted molar refractivity (Wildman–Crippen MR) is 203 cm³/mol. The summed E-state index contributed by atoms with van der Waals surface area (Å²) in [5.41, 5.74) is 1.26. The van der Waals surface area contributed by atoms with E-state index in [2.05, 4.69) is 0 Å². The van der Waals surface area contributed by atoms with Crippen LogP contribution in [-0.4, -0.2) is 77.7 Å². The number of ether oxygens (including phenoxy) is 1. The van der Waals surface area contributed by atoms with E-state index in [1.165, 1.54) is 4.90 Å². The zero-order valence-corrected chi connectivity index (χ0v) is 31.2. The van der Waals surface area contributed by atoms with Gasteiger partial charge in [0, 0.05) is 25.4 Å². The number of carboxylic acid groups (broad SMARTS) is 1. The predicted octanol–water partition coefficient (Wildman–Crippen LogP) is 5.49. The Balaban J connectivity index is 1.50.